The number of aromatic nitrogens is 1. The Morgan fingerprint density at radius 1 is 1.70 bits per heavy atom. The predicted molar refractivity (Wildman–Crippen MR) is 47.0 cm³/mol. The molecule has 1 aromatic rings. The van der Waals surface area contributed by atoms with Gasteiger partial charge >= 0.3 is 0 Å². The summed E-state index contributed by atoms with van der Waals surface area (Å²) in [7, 11) is 0. The van der Waals surface area contributed by atoms with Gasteiger partial charge in [-0.15, -0.1) is 0 Å². The molecule has 0 radical (unpaired) electrons. The Hall–Kier alpha value is -0.340. The van der Waals surface area contributed by atoms with Crippen LogP contribution in [0.1, 0.15) is 5.56 Å². The molecule has 0 aliphatic heterocycles. The molecule has 0 N–H and O–H groups in total. The quantitative estimate of drug-likeness (QED) is 0.660. The molecular formula is C7H5BrClN. The van der Waals surface area contributed by atoms with E-state index in [2.05, 4.69) is 27.5 Å². The summed E-state index contributed by atoms with van der Waals surface area (Å²) in [5, 5.41) is 0.470. The molecule has 0 unspecified atom stereocenters. The van der Waals surface area contributed by atoms with Gasteiger partial charge in [0.2, 0.25) is 0 Å². The number of nitrogens with zero attached hydrogens (tertiary/aromatic N) is 1. The van der Waals surface area contributed by atoms with Crippen molar-refractivity contribution in [1.29, 1.82) is 0 Å². The van der Waals surface area contributed by atoms with Crippen LogP contribution < -0.4 is 0 Å². The fraction of sp³-hybridized carbons (Fsp3) is 0. The van der Waals surface area contributed by atoms with E-state index in [0.29, 0.717) is 5.15 Å². The van der Waals surface area contributed by atoms with Crippen molar-refractivity contribution in [3.63, 3.8) is 0 Å². The third kappa shape index (κ3) is 1.39. The Morgan fingerprint density at radius 2 is 2.40 bits per heavy atom. The molecule has 1 heterocycles. The maximum Gasteiger partial charge on any atom is 0.143 e. The molecule has 0 atom stereocenters. The van der Waals surface area contributed by atoms with E-state index in [1.807, 2.05) is 6.07 Å². The second-order valence-corrected chi connectivity index (χ2v) is 2.86. The lowest BCUT2D eigenvalue weighted by Gasteiger charge is -1.97. The van der Waals surface area contributed by atoms with Crippen LogP contribution in [0.5, 0.6) is 0 Å². The van der Waals surface area contributed by atoms with Crippen LogP contribution in [-0.4, -0.2) is 4.98 Å². The first-order chi connectivity index (χ1) is 4.75. The highest BCUT2D eigenvalue weighted by molar-refractivity contribution is 9.10. The third-order valence-corrected chi connectivity index (χ3v) is 2.44. The lowest BCUT2D eigenvalue weighted by atomic mass is 10.3. The smallest absolute Gasteiger partial charge is 0.143 e. The van der Waals surface area contributed by atoms with E-state index in [0.717, 1.165) is 10.0 Å². The lowest BCUT2D eigenvalue weighted by molar-refractivity contribution is 1.30. The minimum Gasteiger partial charge on any atom is -0.243 e. The molecule has 0 amide bonds. The van der Waals surface area contributed by atoms with E-state index < -0.39 is 0 Å². The van der Waals surface area contributed by atoms with Gasteiger partial charge in [-0.1, -0.05) is 24.3 Å². The highest BCUT2D eigenvalue weighted by atomic mass is 79.9. The summed E-state index contributed by atoms with van der Waals surface area (Å²) in [6, 6.07) is 1.84. The molecule has 1 nitrogen and oxygen atoms in total. The highest BCUT2D eigenvalue weighted by Crippen LogP contribution is 2.24. The summed E-state index contributed by atoms with van der Waals surface area (Å²) >= 11 is 8.96. The van der Waals surface area contributed by atoms with Crippen LogP contribution in [0, 0.1) is 0 Å². The van der Waals surface area contributed by atoms with Crippen molar-refractivity contribution >= 4 is 33.6 Å². The first-order valence-corrected chi connectivity index (χ1v) is 3.85. The molecule has 0 aliphatic carbocycles. The zero-order valence-electron chi connectivity index (χ0n) is 5.14. The first kappa shape index (κ1) is 7.76. The molecule has 0 saturated carbocycles. The minimum atomic E-state index is 0.470. The van der Waals surface area contributed by atoms with Crippen LogP contribution in [-0.2, 0) is 0 Å². The maximum atomic E-state index is 5.69. The standard InChI is InChI=1S/C7H5BrClN/c1-2-5-3-4-10-7(9)6(5)8/h2-4H,1H2. The van der Waals surface area contributed by atoms with Gasteiger partial charge in [-0.3, -0.25) is 0 Å². The molecule has 0 bridgehead atoms. The summed E-state index contributed by atoms with van der Waals surface area (Å²) in [5.74, 6) is 0. The zero-order chi connectivity index (χ0) is 7.56. The van der Waals surface area contributed by atoms with Gasteiger partial charge in [0, 0.05) is 6.20 Å². The Bertz CT molecular complexity index is 260. The van der Waals surface area contributed by atoms with Crippen LogP contribution >= 0.6 is 27.5 Å². The molecule has 1 aromatic heterocycles. The summed E-state index contributed by atoms with van der Waals surface area (Å²) in [6.07, 6.45) is 3.36. The average Bonchev–Trinajstić information content (AvgIpc) is 1.95. The van der Waals surface area contributed by atoms with Gasteiger partial charge < -0.3 is 0 Å². The Morgan fingerprint density at radius 3 is 2.90 bits per heavy atom. The van der Waals surface area contributed by atoms with Gasteiger partial charge in [0.05, 0.1) is 4.47 Å². The molecule has 10 heavy (non-hydrogen) atoms. The van der Waals surface area contributed by atoms with Gasteiger partial charge in [0.1, 0.15) is 5.15 Å². The fourth-order valence-electron chi connectivity index (χ4n) is 0.590. The molecule has 3 heteroatoms. The summed E-state index contributed by atoms with van der Waals surface area (Å²) in [6.45, 7) is 3.62. The Labute approximate surface area is 72.9 Å². The number of halogens is 2. The number of rotatable bonds is 1. The van der Waals surface area contributed by atoms with Gasteiger partial charge in [0.25, 0.3) is 0 Å². The van der Waals surface area contributed by atoms with Crippen LogP contribution in [0.25, 0.3) is 6.08 Å². The van der Waals surface area contributed by atoms with E-state index in [-0.39, 0.29) is 0 Å². The second-order valence-electron chi connectivity index (χ2n) is 1.71. The van der Waals surface area contributed by atoms with E-state index in [1.165, 1.54) is 0 Å². The van der Waals surface area contributed by atoms with Gasteiger partial charge in [-0.05, 0) is 27.6 Å². The molecule has 1 rings (SSSR count). The molecule has 0 fully saturated rings. The van der Waals surface area contributed by atoms with Crippen LogP contribution in [0.3, 0.4) is 0 Å². The molecular weight excluding hydrogens is 213 g/mol. The largest absolute Gasteiger partial charge is 0.243 e. The monoisotopic (exact) mass is 217 g/mol. The normalized spacial score (nSPS) is 9.40. The molecule has 0 saturated heterocycles. The molecule has 52 valence electrons. The van der Waals surface area contributed by atoms with Crippen molar-refractivity contribution in [2.45, 2.75) is 0 Å². The summed E-state index contributed by atoms with van der Waals surface area (Å²) in [5.41, 5.74) is 0.958. The van der Waals surface area contributed by atoms with Crippen molar-refractivity contribution in [1.82, 2.24) is 4.98 Å². The van der Waals surface area contributed by atoms with Crippen LogP contribution in [0.4, 0.5) is 0 Å². The predicted octanol–water partition coefficient (Wildman–Crippen LogP) is 3.14. The first-order valence-electron chi connectivity index (χ1n) is 2.68. The van der Waals surface area contributed by atoms with Gasteiger partial charge in [0.15, 0.2) is 0 Å². The Kier molecular flexibility index (Phi) is 2.46. The van der Waals surface area contributed by atoms with Gasteiger partial charge in [-0.2, -0.15) is 0 Å². The average molecular weight is 218 g/mol. The molecule has 0 aliphatic rings. The van der Waals surface area contributed by atoms with E-state index in [1.54, 1.807) is 12.3 Å². The number of hydrogen-bond donors (Lipinski definition) is 0. The fourth-order valence-corrected chi connectivity index (χ4v) is 1.15. The number of pyridine rings is 1. The maximum absolute atomic E-state index is 5.69. The SMILES string of the molecule is C=Cc1ccnc(Cl)c1Br. The van der Waals surface area contributed by atoms with E-state index >= 15 is 0 Å². The van der Waals surface area contributed by atoms with E-state index in [9.17, 15) is 0 Å². The summed E-state index contributed by atoms with van der Waals surface area (Å²) < 4.78 is 0.798. The van der Waals surface area contributed by atoms with Crippen LogP contribution in [0.2, 0.25) is 5.15 Å². The van der Waals surface area contributed by atoms with Gasteiger partial charge in [-0.25, -0.2) is 4.98 Å². The van der Waals surface area contributed by atoms with Crippen molar-refractivity contribution in [3.05, 3.63) is 34.0 Å². The minimum absolute atomic E-state index is 0.470. The highest BCUT2D eigenvalue weighted by Gasteiger charge is 1.99. The van der Waals surface area contributed by atoms with Crippen molar-refractivity contribution in [3.8, 4) is 0 Å². The second kappa shape index (κ2) is 3.17. The molecule has 0 aromatic carbocycles. The Balaban J connectivity index is 3.27. The number of hydrogen-bond acceptors (Lipinski definition) is 1. The molecule has 0 spiro atoms. The van der Waals surface area contributed by atoms with Crippen LogP contribution in [0.15, 0.2) is 23.3 Å². The van der Waals surface area contributed by atoms with Crippen molar-refractivity contribution in [2.75, 3.05) is 0 Å². The van der Waals surface area contributed by atoms with Crippen molar-refractivity contribution in [2.24, 2.45) is 0 Å². The zero-order valence-corrected chi connectivity index (χ0v) is 7.48. The lowest BCUT2D eigenvalue weighted by Crippen LogP contribution is -1.79. The third-order valence-electron chi connectivity index (χ3n) is 1.10. The summed E-state index contributed by atoms with van der Waals surface area (Å²) in [4.78, 5) is 3.86. The van der Waals surface area contributed by atoms with Crippen molar-refractivity contribution < 1.29 is 0 Å². The topological polar surface area (TPSA) is 12.9 Å². The van der Waals surface area contributed by atoms with E-state index in [4.69, 9.17) is 11.6 Å².